The standard InChI is InChI=1S/C12H14BrNO5/c1-2-18-12-9(15)6-10(12)19-11-7(13)4-3-5-8(11)14(16)17/h3-5,9-10,12,15H,2,6H2,1H3. The van der Waals surface area contributed by atoms with Crippen LogP contribution in [0.25, 0.3) is 0 Å². The summed E-state index contributed by atoms with van der Waals surface area (Å²) in [4.78, 5) is 10.5. The molecule has 1 aliphatic carbocycles. The summed E-state index contributed by atoms with van der Waals surface area (Å²) in [5, 5.41) is 20.5. The summed E-state index contributed by atoms with van der Waals surface area (Å²) in [6, 6.07) is 4.63. The molecule has 0 bridgehead atoms. The lowest BCUT2D eigenvalue weighted by Gasteiger charge is -2.40. The van der Waals surface area contributed by atoms with E-state index < -0.39 is 17.1 Å². The summed E-state index contributed by atoms with van der Waals surface area (Å²) in [6.07, 6.45) is -0.973. The van der Waals surface area contributed by atoms with Crippen LogP contribution >= 0.6 is 15.9 Å². The predicted molar refractivity (Wildman–Crippen MR) is 71.3 cm³/mol. The second-order valence-electron chi connectivity index (χ2n) is 4.22. The molecule has 2 rings (SSSR count). The van der Waals surface area contributed by atoms with Gasteiger partial charge in [0.25, 0.3) is 0 Å². The van der Waals surface area contributed by atoms with Crippen molar-refractivity contribution in [2.75, 3.05) is 6.61 Å². The van der Waals surface area contributed by atoms with Crippen LogP contribution in [0.2, 0.25) is 0 Å². The van der Waals surface area contributed by atoms with Crippen LogP contribution in [0.15, 0.2) is 22.7 Å². The number of nitro benzene ring substituents is 1. The highest BCUT2D eigenvalue weighted by molar-refractivity contribution is 9.10. The Balaban J connectivity index is 2.17. The van der Waals surface area contributed by atoms with E-state index in [0.29, 0.717) is 17.5 Å². The van der Waals surface area contributed by atoms with E-state index in [1.54, 1.807) is 12.1 Å². The third-order valence-corrected chi connectivity index (χ3v) is 3.62. The second kappa shape index (κ2) is 5.85. The number of benzene rings is 1. The maximum Gasteiger partial charge on any atom is 0.312 e. The van der Waals surface area contributed by atoms with Crippen molar-refractivity contribution in [3.63, 3.8) is 0 Å². The molecule has 1 aromatic rings. The molecule has 1 aromatic carbocycles. The highest BCUT2D eigenvalue weighted by Gasteiger charge is 2.43. The van der Waals surface area contributed by atoms with Crippen LogP contribution in [0, 0.1) is 10.1 Å². The van der Waals surface area contributed by atoms with E-state index in [1.165, 1.54) is 6.07 Å². The molecule has 3 unspecified atom stereocenters. The van der Waals surface area contributed by atoms with Gasteiger partial charge < -0.3 is 14.6 Å². The van der Waals surface area contributed by atoms with Gasteiger partial charge in [-0.2, -0.15) is 0 Å². The molecular weight excluding hydrogens is 318 g/mol. The molecule has 1 fully saturated rings. The monoisotopic (exact) mass is 331 g/mol. The quantitative estimate of drug-likeness (QED) is 0.661. The van der Waals surface area contributed by atoms with E-state index >= 15 is 0 Å². The van der Waals surface area contributed by atoms with Crippen LogP contribution in [0.4, 0.5) is 5.69 Å². The molecule has 3 atom stereocenters. The first-order valence-electron chi connectivity index (χ1n) is 5.93. The Morgan fingerprint density at radius 1 is 1.58 bits per heavy atom. The molecule has 0 amide bonds. The number of nitrogens with zero attached hydrogens (tertiary/aromatic N) is 1. The first-order chi connectivity index (χ1) is 9.04. The molecule has 0 saturated heterocycles. The lowest BCUT2D eigenvalue weighted by Crippen LogP contribution is -2.55. The molecule has 7 heteroatoms. The molecule has 19 heavy (non-hydrogen) atoms. The summed E-state index contributed by atoms with van der Waals surface area (Å²) in [6.45, 7) is 2.28. The molecule has 1 N–H and O–H groups in total. The molecule has 1 aliphatic rings. The Hall–Kier alpha value is -1.18. The molecule has 0 heterocycles. The first-order valence-corrected chi connectivity index (χ1v) is 6.73. The molecule has 0 aliphatic heterocycles. The zero-order valence-electron chi connectivity index (χ0n) is 10.3. The van der Waals surface area contributed by atoms with Gasteiger partial charge in [0.1, 0.15) is 12.2 Å². The van der Waals surface area contributed by atoms with E-state index in [2.05, 4.69) is 15.9 Å². The zero-order chi connectivity index (χ0) is 14.0. The maximum atomic E-state index is 11.0. The van der Waals surface area contributed by atoms with Crippen molar-refractivity contribution in [1.82, 2.24) is 0 Å². The van der Waals surface area contributed by atoms with Crippen molar-refractivity contribution in [2.24, 2.45) is 0 Å². The van der Waals surface area contributed by atoms with E-state index in [9.17, 15) is 15.2 Å². The minimum absolute atomic E-state index is 0.106. The molecule has 104 valence electrons. The maximum absolute atomic E-state index is 11.0. The average Bonchev–Trinajstić information content (AvgIpc) is 2.37. The minimum Gasteiger partial charge on any atom is -0.480 e. The van der Waals surface area contributed by atoms with E-state index in [0.717, 1.165) is 0 Å². The van der Waals surface area contributed by atoms with Gasteiger partial charge in [0, 0.05) is 19.1 Å². The van der Waals surface area contributed by atoms with Crippen molar-refractivity contribution in [3.8, 4) is 5.75 Å². The first kappa shape index (κ1) is 14.2. The molecule has 0 aromatic heterocycles. The van der Waals surface area contributed by atoms with Gasteiger partial charge in [-0.3, -0.25) is 10.1 Å². The third kappa shape index (κ3) is 2.88. The van der Waals surface area contributed by atoms with Gasteiger partial charge in [0.05, 0.1) is 15.5 Å². The fourth-order valence-electron chi connectivity index (χ4n) is 1.99. The molecule has 1 saturated carbocycles. The van der Waals surface area contributed by atoms with Gasteiger partial charge in [-0.25, -0.2) is 0 Å². The average molecular weight is 332 g/mol. The Labute approximate surface area is 118 Å². The predicted octanol–water partition coefficient (Wildman–Crippen LogP) is 2.27. The lowest BCUT2D eigenvalue weighted by atomic mass is 9.88. The largest absolute Gasteiger partial charge is 0.480 e. The number of ether oxygens (including phenoxy) is 2. The van der Waals surface area contributed by atoms with Crippen LogP contribution < -0.4 is 4.74 Å². The normalized spacial score (nSPS) is 25.7. The van der Waals surface area contributed by atoms with Crippen molar-refractivity contribution < 1.29 is 19.5 Å². The van der Waals surface area contributed by atoms with Crippen LogP contribution in [0.3, 0.4) is 0 Å². The molecule has 0 spiro atoms. The number of halogens is 1. The number of nitro groups is 1. The van der Waals surface area contributed by atoms with Crippen LogP contribution in [-0.4, -0.2) is 34.9 Å². The van der Waals surface area contributed by atoms with Gasteiger partial charge in [-0.15, -0.1) is 0 Å². The summed E-state index contributed by atoms with van der Waals surface area (Å²) >= 11 is 3.24. The molecular formula is C12H14BrNO5. The molecule has 6 nitrogen and oxygen atoms in total. The Morgan fingerprint density at radius 2 is 2.32 bits per heavy atom. The highest BCUT2D eigenvalue weighted by atomic mass is 79.9. The highest BCUT2D eigenvalue weighted by Crippen LogP contribution is 2.38. The topological polar surface area (TPSA) is 81.8 Å². The van der Waals surface area contributed by atoms with Crippen LogP contribution in [0.5, 0.6) is 5.75 Å². The summed E-state index contributed by atoms with van der Waals surface area (Å²) < 4.78 is 11.5. The van der Waals surface area contributed by atoms with Crippen molar-refractivity contribution in [3.05, 3.63) is 32.8 Å². The zero-order valence-corrected chi connectivity index (χ0v) is 11.9. The summed E-state index contributed by atoms with van der Waals surface area (Å²) in [5.41, 5.74) is -0.106. The number of aliphatic hydroxyl groups excluding tert-OH is 1. The number of hydrogen-bond acceptors (Lipinski definition) is 5. The smallest absolute Gasteiger partial charge is 0.312 e. The van der Waals surface area contributed by atoms with E-state index in [1.807, 2.05) is 6.92 Å². The minimum atomic E-state index is -0.577. The van der Waals surface area contributed by atoms with E-state index in [-0.39, 0.29) is 17.5 Å². The van der Waals surface area contributed by atoms with Crippen molar-refractivity contribution in [1.29, 1.82) is 0 Å². The fourth-order valence-corrected chi connectivity index (χ4v) is 2.44. The Bertz CT molecular complexity index is 481. The number of rotatable bonds is 5. The van der Waals surface area contributed by atoms with Gasteiger partial charge in [-0.05, 0) is 28.9 Å². The van der Waals surface area contributed by atoms with Crippen molar-refractivity contribution >= 4 is 21.6 Å². The summed E-state index contributed by atoms with van der Waals surface area (Å²) in [7, 11) is 0. The lowest BCUT2D eigenvalue weighted by molar-refractivity contribution is -0.386. The van der Waals surface area contributed by atoms with Gasteiger partial charge in [0.15, 0.2) is 0 Å². The number of aliphatic hydroxyl groups is 1. The van der Waals surface area contributed by atoms with Gasteiger partial charge in [-0.1, -0.05) is 6.07 Å². The van der Waals surface area contributed by atoms with Crippen LogP contribution in [0.1, 0.15) is 13.3 Å². The Morgan fingerprint density at radius 3 is 2.89 bits per heavy atom. The third-order valence-electron chi connectivity index (χ3n) is 2.99. The number of hydrogen-bond donors (Lipinski definition) is 1. The molecule has 0 radical (unpaired) electrons. The van der Waals surface area contributed by atoms with Crippen molar-refractivity contribution in [2.45, 2.75) is 31.7 Å². The SMILES string of the molecule is CCOC1C(O)CC1Oc1c(Br)cccc1[N+](=O)[O-]. The van der Waals surface area contributed by atoms with Gasteiger partial charge >= 0.3 is 5.69 Å². The fraction of sp³-hybridized carbons (Fsp3) is 0.500. The second-order valence-corrected chi connectivity index (χ2v) is 5.08. The van der Waals surface area contributed by atoms with Gasteiger partial charge in [0.2, 0.25) is 5.75 Å². The summed E-state index contributed by atoms with van der Waals surface area (Å²) in [5.74, 6) is 0.175. The Kier molecular flexibility index (Phi) is 4.38. The van der Waals surface area contributed by atoms with Crippen LogP contribution in [-0.2, 0) is 4.74 Å². The van der Waals surface area contributed by atoms with E-state index in [4.69, 9.17) is 9.47 Å². The number of para-hydroxylation sites is 1.